The summed E-state index contributed by atoms with van der Waals surface area (Å²) in [7, 11) is 0. The van der Waals surface area contributed by atoms with Crippen LogP contribution < -0.4 is 0 Å². The van der Waals surface area contributed by atoms with Crippen molar-refractivity contribution in [2.75, 3.05) is 0 Å². The largest absolute Gasteiger partial charge is 0.288 e. The minimum Gasteiger partial charge on any atom is -0.288 e. The van der Waals surface area contributed by atoms with Gasteiger partial charge in [0.15, 0.2) is 5.78 Å². The van der Waals surface area contributed by atoms with Crippen LogP contribution in [-0.2, 0) is 12.8 Å². The van der Waals surface area contributed by atoms with Gasteiger partial charge in [-0.1, -0.05) is 5.57 Å². The lowest BCUT2D eigenvalue weighted by molar-refractivity contribution is 0.104. The number of allylic oxidation sites excluding steroid dienone is 2. The summed E-state index contributed by atoms with van der Waals surface area (Å²) in [4.78, 5) is 14.2. The van der Waals surface area contributed by atoms with Gasteiger partial charge in [-0.25, -0.2) is 0 Å². The van der Waals surface area contributed by atoms with E-state index in [1.807, 2.05) is 13.8 Å². The van der Waals surface area contributed by atoms with Gasteiger partial charge in [0.25, 0.3) is 0 Å². The molecule has 0 radical (unpaired) electrons. The van der Waals surface area contributed by atoms with Crippen LogP contribution in [0, 0.1) is 0 Å². The van der Waals surface area contributed by atoms with Crippen molar-refractivity contribution in [3.05, 3.63) is 33.0 Å². The highest BCUT2D eigenvalue weighted by Gasteiger charge is 2.15. The van der Waals surface area contributed by atoms with E-state index < -0.39 is 0 Å². The molecule has 1 aliphatic rings. The molecule has 1 aromatic heterocycles. The SMILES string of the molecule is CC(C)=CC(=O)c1cc2c(s1)CCCC2. The van der Waals surface area contributed by atoms with Gasteiger partial charge in [-0.3, -0.25) is 4.79 Å². The summed E-state index contributed by atoms with van der Waals surface area (Å²) in [6.07, 6.45) is 6.62. The third-order valence-electron chi connectivity index (χ3n) is 2.66. The Morgan fingerprint density at radius 2 is 2.07 bits per heavy atom. The summed E-state index contributed by atoms with van der Waals surface area (Å²) in [5, 5.41) is 0. The maximum Gasteiger partial charge on any atom is 0.195 e. The molecule has 0 aromatic carbocycles. The van der Waals surface area contributed by atoms with Crippen LogP contribution in [0.2, 0.25) is 0 Å². The standard InChI is InChI=1S/C13H16OS/c1-9(2)7-11(14)13-8-10-5-3-4-6-12(10)15-13/h7-8H,3-6H2,1-2H3. The Balaban J connectivity index is 2.26. The molecule has 1 heterocycles. The lowest BCUT2D eigenvalue weighted by atomic mass is 9.99. The smallest absolute Gasteiger partial charge is 0.195 e. The Morgan fingerprint density at radius 3 is 2.73 bits per heavy atom. The van der Waals surface area contributed by atoms with E-state index in [0.717, 1.165) is 16.9 Å². The second-order valence-electron chi connectivity index (χ2n) is 4.35. The molecule has 0 aliphatic heterocycles. The average Bonchev–Trinajstić information content (AvgIpc) is 2.59. The zero-order chi connectivity index (χ0) is 10.8. The van der Waals surface area contributed by atoms with E-state index in [1.54, 1.807) is 17.4 Å². The van der Waals surface area contributed by atoms with Gasteiger partial charge in [-0.2, -0.15) is 0 Å². The minimum absolute atomic E-state index is 0.175. The highest BCUT2D eigenvalue weighted by atomic mass is 32.1. The Bertz CT molecular complexity index is 385. The number of carbonyl (C=O) groups excluding carboxylic acids is 1. The molecule has 0 bridgehead atoms. The van der Waals surface area contributed by atoms with E-state index in [1.165, 1.54) is 29.7 Å². The molecule has 2 rings (SSSR count). The summed E-state index contributed by atoms with van der Waals surface area (Å²) in [5.74, 6) is 0.175. The molecule has 0 spiro atoms. The maximum absolute atomic E-state index is 11.8. The van der Waals surface area contributed by atoms with Crippen LogP contribution in [0.15, 0.2) is 17.7 Å². The Morgan fingerprint density at radius 1 is 1.33 bits per heavy atom. The first-order chi connectivity index (χ1) is 7.16. The molecule has 1 nitrogen and oxygen atoms in total. The molecular weight excluding hydrogens is 204 g/mol. The highest BCUT2D eigenvalue weighted by Crippen LogP contribution is 2.30. The number of fused-ring (bicyclic) bond motifs is 1. The zero-order valence-electron chi connectivity index (χ0n) is 9.30. The van der Waals surface area contributed by atoms with E-state index in [2.05, 4.69) is 6.07 Å². The molecule has 80 valence electrons. The first kappa shape index (κ1) is 10.6. The Labute approximate surface area is 94.8 Å². The van der Waals surface area contributed by atoms with Gasteiger partial charge in [-0.15, -0.1) is 11.3 Å². The predicted molar refractivity (Wildman–Crippen MR) is 64.7 cm³/mol. The zero-order valence-corrected chi connectivity index (χ0v) is 10.1. The number of ketones is 1. The molecular formula is C13H16OS. The Hall–Kier alpha value is -0.890. The van der Waals surface area contributed by atoms with Crippen LogP contribution >= 0.6 is 11.3 Å². The van der Waals surface area contributed by atoms with Gasteiger partial charge in [-0.05, 0) is 57.2 Å². The van der Waals surface area contributed by atoms with Crippen molar-refractivity contribution in [3.63, 3.8) is 0 Å². The van der Waals surface area contributed by atoms with Crippen molar-refractivity contribution in [2.45, 2.75) is 39.5 Å². The predicted octanol–water partition coefficient (Wildman–Crippen LogP) is 3.78. The topological polar surface area (TPSA) is 17.1 Å². The first-order valence-electron chi connectivity index (χ1n) is 5.47. The summed E-state index contributed by atoms with van der Waals surface area (Å²) in [5.41, 5.74) is 2.49. The Kier molecular flexibility index (Phi) is 3.06. The van der Waals surface area contributed by atoms with Crippen molar-refractivity contribution in [2.24, 2.45) is 0 Å². The number of aryl methyl sites for hydroxylation is 2. The fraction of sp³-hybridized carbons (Fsp3) is 0.462. The van der Waals surface area contributed by atoms with Crippen molar-refractivity contribution >= 4 is 17.1 Å². The fourth-order valence-electron chi connectivity index (χ4n) is 1.95. The van der Waals surface area contributed by atoms with Crippen molar-refractivity contribution in [1.29, 1.82) is 0 Å². The second-order valence-corrected chi connectivity index (χ2v) is 5.49. The second kappa shape index (κ2) is 4.31. The molecule has 0 amide bonds. The molecule has 15 heavy (non-hydrogen) atoms. The fourth-order valence-corrected chi connectivity index (χ4v) is 3.11. The highest BCUT2D eigenvalue weighted by molar-refractivity contribution is 7.14. The summed E-state index contributed by atoms with van der Waals surface area (Å²) in [6, 6.07) is 2.10. The number of hydrogen-bond acceptors (Lipinski definition) is 2. The molecule has 1 aliphatic carbocycles. The number of carbonyl (C=O) groups is 1. The monoisotopic (exact) mass is 220 g/mol. The molecule has 0 fully saturated rings. The number of thiophene rings is 1. The van der Waals surface area contributed by atoms with E-state index >= 15 is 0 Å². The summed E-state index contributed by atoms with van der Waals surface area (Å²) in [6.45, 7) is 3.93. The quantitative estimate of drug-likeness (QED) is 0.547. The van der Waals surface area contributed by atoms with E-state index in [4.69, 9.17) is 0 Å². The van der Waals surface area contributed by atoms with Gasteiger partial charge < -0.3 is 0 Å². The van der Waals surface area contributed by atoms with E-state index in [-0.39, 0.29) is 5.78 Å². The van der Waals surface area contributed by atoms with Crippen molar-refractivity contribution in [3.8, 4) is 0 Å². The number of hydrogen-bond donors (Lipinski definition) is 0. The molecule has 2 heteroatoms. The normalized spacial score (nSPS) is 14.5. The minimum atomic E-state index is 0.175. The van der Waals surface area contributed by atoms with Crippen LogP contribution in [0.3, 0.4) is 0 Å². The third-order valence-corrected chi connectivity index (χ3v) is 3.91. The van der Waals surface area contributed by atoms with Gasteiger partial charge >= 0.3 is 0 Å². The van der Waals surface area contributed by atoms with Gasteiger partial charge in [0.1, 0.15) is 0 Å². The summed E-state index contributed by atoms with van der Waals surface area (Å²) >= 11 is 1.69. The first-order valence-corrected chi connectivity index (χ1v) is 6.29. The molecule has 1 aromatic rings. The van der Waals surface area contributed by atoms with Gasteiger partial charge in [0.2, 0.25) is 0 Å². The van der Waals surface area contributed by atoms with Crippen LogP contribution in [0.4, 0.5) is 0 Å². The van der Waals surface area contributed by atoms with E-state index in [9.17, 15) is 4.79 Å². The van der Waals surface area contributed by atoms with Crippen LogP contribution in [0.25, 0.3) is 0 Å². The molecule has 0 saturated carbocycles. The van der Waals surface area contributed by atoms with Crippen molar-refractivity contribution in [1.82, 2.24) is 0 Å². The number of rotatable bonds is 2. The van der Waals surface area contributed by atoms with Crippen LogP contribution in [-0.4, -0.2) is 5.78 Å². The van der Waals surface area contributed by atoms with Gasteiger partial charge in [0.05, 0.1) is 4.88 Å². The maximum atomic E-state index is 11.8. The molecule has 0 atom stereocenters. The lowest BCUT2D eigenvalue weighted by Gasteiger charge is -2.08. The molecule has 0 saturated heterocycles. The third kappa shape index (κ3) is 2.37. The molecule has 0 unspecified atom stereocenters. The lowest BCUT2D eigenvalue weighted by Crippen LogP contribution is -1.96. The van der Waals surface area contributed by atoms with E-state index in [0.29, 0.717) is 0 Å². The van der Waals surface area contributed by atoms with Crippen LogP contribution in [0.5, 0.6) is 0 Å². The molecule has 0 N–H and O–H groups in total. The summed E-state index contributed by atoms with van der Waals surface area (Å²) < 4.78 is 0. The van der Waals surface area contributed by atoms with Crippen LogP contribution in [0.1, 0.15) is 46.8 Å². The van der Waals surface area contributed by atoms with Gasteiger partial charge in [0, 0.05) is 4.88 Å². The average molecular weight is 220 g/mol. The van der Waals surface area contributed by atoms with Crippen molar-refractivity contribution < 1.29 is 4.79 Å².